The minimum atomic E-state index is -4.80. The molecule has 31 heavy (non-hydrogen) atoms. The largest absolute Gasteiger partial charge is 0.573 e. The molecule has 1 N–H and O–H groups in total. The summed E-state index contributed by atoms with van der Waals surface area (Å²) >= 11 is 0. The van der Waals surface area contributed by atoms with Crippen LogP contribution < -0.4 is 10.1 Å². The van der Waals surface area contributed by atoms with Gasteiger partial charge in [-0.25, -0.2) is 8.42 Å². The van der Waals surface area contributed by atoms with Crippen molar-refractivity contribution in [3.8, 4) is 5.75 Å². The summed E-state index contributed by atoms with van der Waals surface area (Å²) in [6.07, 6.45) is -5.25. The SMILES string of the molecule is C[C@@H]1CN(S(=O)(=O)c2ccc(C(=O)Nc3ccc(OC(F)(F)F)cc3)cc2)C[C@H](C)O1. The van der Waals surface area contributed by atoms with Gasteiger partial charge in [-0.05, 0) is 62.4 Å². The average Bonchev–Trinajstić information content (AvgIpc) is 2.67. The zero-order valence-corrected chi connectivity index (χ0v) is 17.5. The van der Waals surface area contributed by atoms with Gasteiger partial charge in [0.05, 0.1) is 17.1 Å². The number of nitrogens with one attached hydrogen (secondary N) is 1. The summed E-state index contributed by atoms with van der Waals surface area (Å²) in [7, 11) is -3.73. The standard InChI is InChI=1S/C20H21F3N2O5S/c1-13-11-25(12-14(2)29-13)31(27,28)18-9-3-15(4-10-18)19(26)24-16-5-7-17(8-6-16)30-20(21,22)23/h3-10,13-14H,11-12H2,1-2H3,(H,24,26)/t13-,14+. The normalized spacial score (nSPS) is 20.3. The second-order valence-electron chi connectivity index (χ2n) is 7.13. The zero-order chi connectivity index (χ0) is 22.8. The maximum Gasteiger partial charge on any atom is 0.573 e. The molecular formula is C20H21F3N2O5S. The van der Waals surface area contributed by atoms with Gasteiger partial charge in [0.1, 0.15) is 5.75 Å². The number of hydrogen-bond acceptors (Lipinski definition) is 5. The number of carbonyl (C=O) groups is 1. The summed E-state index contributed by atoms with van der Waals surface area (Å²) in [6.45, 7) is 4.08. The number of hydrogen-bond donors (Lipinski definition) is 1. The lowest BCUT2D eigenvalue weighted by Crippen LogP contribution is -2.48. The molecule has 0 spiro atoms. The predicted octanol–water partition coefficient (Wildman–Crippen LogP) is 3.64. The number of nitrogens with zero attached hydrogens (tertiary/aromatic N) is 1. The Balaban J connectivity index is 1.67. The molecule has 0 saturated carbocycles. The van der Waals surface area contributed by atoms with Crippen LogP contribution in [0.2, 0.25) is 0 Å². The summed E-state index contributed by atoms with van der Waals surface area (Å²) in [5.74, 6) is -0.950. The number of alkyl halides is 3. The van der Waals surface area contributed by atoms with Gasteiger partial charge in [0.15, 0.2) is 0 Å². The van der Waals surface area contributed by atoms with Gasteiger partial charge < -0.3 is 14.8 Å². The Morgan fingerprint density at radius 1 is 1.03 bits per heavy atom. The lowest BCUT2D eigenvalue weighted by molar-refractivity contribution is -0.274. The van der Waals surface area contributed by atoms with Crippen molar-refractivity contribution in [3.63, 3.8) is 0 Å². The van der Waals surface area contributed by atoms with Gasteiger partial charge >= 0.3 is 6.36 Å². The molecule has 0 aromatic heterocycles. The lowest BCUT2D eigenvalue weighted by atomic mass is 10.2. The Morgan fingerprint density at radius 2 is 1.58 bits per heavy atom. The average molecular weight is 458 g/mol. The van der Waals surface area contributed by atoms with Gasteiger partial charge in [0.25, 0.3) is 5.91 Å². The van der Waals surface area contributed by atoms with E-state index in [0.717, 1.165) is 12.1 Å². The molecule has 11 heteroatoms. The van der Waals surface area contributed by atoms with E-state index in [0.29, 0.717) is 0 Å². The number of sulfonamides is 1. The number of halogens is 3. The van der Waals surface area contributed by atoms with Crippen LogP contribution in [-0.4, -0.2) is 50.3 Å². The van der Waals surface area contributed by atoms with Crippen molar-refractivity contribution in [3.05, 3.63) is 54.1 Å². The topological polar surface area (TPSA) is 84.9 Å². The van der Waals surface area contributed by atoms with Crippen molar-refractivity contribution < 1.29 is 35.9 Å². The molecule has 2 atom stereocenters. The number of carbonyl (C=O) groups excluding carboxylic acids is 1. The predicted molar refractivity (Wildman–Crippen MR) is 106 cm³/mol. The van der Waals surface area contributed by atoms with Crippen LogP contribution in [0.1, 0.15) is 24.2 Å². The van der Waals surface area contributed by atoms with Crippen LogP contribution in [0.15, 0.2) is 53.4 Å². The van der Waals surface area contributed by atoms with Crippen LogP contribution in [-0.2, 0) is 14.8 Å². The highest BCUT2D eigenvalue weighted by Gasteiger charge is 2.32. The van der Waals surface area contributed by atoms with Crippen LogP contribution in [0.25, 0.3) is 0 Å². The van der Waals surface area contributed by atoms with Gasteiger partial charge in [-0.2, -0.15) is 4.31 Å². The highest BCUT2D eigenvalue weighted by atomic mass is 32.2. The van der Waals surface area contributed by atoms with Crippen LogP contribution in [0.4, 0.5) is 18.9 Å². The third-order valence-electron chi connectivity index (χ3n) is 4.49. The molecule has 2 aromatic rings. The minimum Gasteiger partial charge on any atom is -0.406 e. The Bertz CT molecular complexity index is 1010. The van der Waals surface area contributed by atoms with Crippen molar-refractivity contribution in [1.29, 1.82) is 0 Å². The van der Waals surface area contributed by atoms with E-state index < -0.39 is 28.0 Å². The van der Waals surface area contributed by atoms with E-state index in [-0.39, 0.29) is 41.4 Å². The molecule has 168 valence electrons. The summed E-state index contributed by atoms with van der Waals surface area (Å²) in [5.41, 5.74) is 0.450. The third-order valence-corrected chi connectivity index (χ3v) is 6.33. The van der Waals surface area contributed by atoms with Crippen LogP contribution in [0.5, 0.6) is 5.75 Å². The molecule has 1 heterocycles. The molecular weight excluding hydrogens is 437 g/mol. The second-order valence-corrected chi connectivity index (χ2v) is 9.07. The van der Waals surface area contributed by atoms with E-state index in [2.05, 4.69) is 10.1 Å². The van der Waals surface area contributed by atoms with Gasteiger partial charge in [0.2, 0.25) is 10.0 Å². The Kier molecular flexibility index (Phi) is 6.58. The van der Waals surface area contributed by atoms with E-state index >= 15 is 0 Å². The van der Waals surface area contributed by atoms with E-state index in [1.807, 2.05) is 0 Å². The number of morpholine rings is 1. The van der Waals surface area contributed by atoms with Crippen molar-refractivity contribution in [2.24, 2.45) is 0 Å². The zero-order valence-electron chi connectivity index (χ0n) is 16.7. The number of ether oxygens (including phenoxy) is 2. The molecule has 7 nitrogen and oxygen atoms in total. The minimum absolute atomic E-state index is 0.0546. The van der Waals surface area contributed by atoms with Crippen molar-refractivity contribution in [1.82, 2.24) is 4.31 Å². The van der Waals surface area contributed by atoms with Crippen molar-refractivity contribution in [2.75, 3.05) is 18.4 Å². The summed E-state index contributed by atoms with van der Waals surface area (Å²) in [6, 6.07) is 10.1. The number of rotatable bonds is 5. The van der Waals surface area contributed by atoms with E-state index in [1.54, 1.807) is 13.8 Å². The maximum atomic E-state index is 12.9. The molecule has 1 aliphatic rings. The van der Waals surface area contributed by atoms with Crippen molar-refractivity contribution >= 4 is 21.6 Å². The van der Waals surface area contributed by atoms with Gasteiger partial charge in [0, 0.05) is 24.3 Å². The first-order valence-electron chi connectivity index (χ1n) is 9.37. The summed E-state index contributed by atoms with van der Waals surface area (Å²) < 4.78 is 73.0. The number of amides is 1. The molecule has 1 fully saturated rings. The maximum absolute atomic E-state index is 12.9. The Morgan fingerprint density at radius 3 is 2.10 bits per heavy atom. The van der Waals surface area contributed by atoms with Gasteiger partial charge in [-0.1, -0.05) is 0 Å². The first-order valence-corrected chi connectivity index (χ1v) is 10.8. The molecule has 2 aromatic carbocycles. The van der Waals surface area contributed by atoms with Gasteiger partial charge in [-0.3, -0.25) is 4.79 Å². The highest BCUT2D eigenvalue weighted by Crippen LogP contribution is 2.25. The molecule has 3 rings (SSSR count). The second kappa shape index (κ2) is 8.85. The molecule has 1 aliphatic heterocycles. The third kappa shape index (κ3) is 5.96. The molecule has 0 unspecified atom stereocenters. The van der Waals surface area contributed by atoms with Crippen LogP contribution >= 0.6 is 0 Å². The monoisotopic (exact) mass is 458 g/mol. The lowest BCUT2D eigenvalue weighted by Gasteiger charge is -2.34. The molecule has 1 saturated heterocycles. The molecule has 1 amide bonds. The van der Waals surface area contributed by atoms with Crippen molar-refractivity contribution in [2.45, 2.75) is 37.3 Å². The number of anilines is 1. The fraction of sp³-hybridized carbons (Fsp3) is 0.350. The summed E-state index contributed by atoms with van der Waals surface area (Å²) in [4.78, 5) is 12.4. The first kappa shape index (κ1) is 23.0. The molecule has 0 bridgehead atoms. The first-order chi connectivity index (χ1) is 14.4. The van der Waals surface area contributed by atoms with E-state index in [9.17, 15) is 26.4 Å². The Hall–Kier alpha value is -2.63. The highest BCUT2D eigenvalue weighted by molar-refractivity contribution is 7.89. The summed E-state index contributed by atoms with van der Waals surface area (Å²) in [5, 5.41) is 2.53. The number of benzene rings is 2. The molecule has 0 radical (unpaired) electrons. The quantitative estimate of drug-likeness (QED) is 0.740. The smallest absolute Gasteiger partial charge is 0.406 e. The van der Waals surface area contributed by atoms with Crippen LogP contribution in [0, 0.1) is 0 Å². The van der Waals surface area contributed by atoms with Crippen LogP contribution in [0.3, 0.4) is 0 Å². The van der Waals surface area contributed by atoms with Gasteiger partial charge in [-0.15, -0.1) is 13.2 Å². The molecule has 0 aliphatic carbocycles. The Labute approximate surface area is 177 Å². The van der Waals surface area contributed by atoms with E-state index in [1.165, 1.54) is 40.7 Å². The van der Waals surface area contributed by atoms with E-state index in [4.69, 9.17) is 4.74 Å². The fourth-order valence-electron chi connectivity index (χ4n) is 3.20. The fourth-order valence-corrected chi connectivity index (χ4v) is 4.79.